The summed E-state index contributed by atoms with van der Waals surface area (Å²) in [5, 5.41) is 9.57. The molecule has 0 saturated heterocycles. The highest BCUT2D eigenvalue weighted by Gasteiger charge is 2.15. The fraction of sp³-hybridized carbons (Fsp3) is 0.417. The molecule has 1 aromatic carbocycles. The SMILES string of the molecule is CCOC(=O)CCc1cccc(C(F)F)c1O. The Morgan fingerprint density at radius 2 is 2.18 bits per heavy atom. The molecule has 0 aromatic heterocycles. The standard InChI is InChI=1S/C12H14F2O3/c1-2-17-10(15)7-6-8-4-3-5-9(11(8)16)12(13)14/h3-5,12,16H,2,6-7H2,1H3. The van der Waals surface area contributed by atoms with Crippen LogP contribution in [0.15, 0.2) is 18.2 Å². The van der Waals surface area contributed by atoms with Crippen molar-refractivity contribution in [3.05, 3.63) is 29.3 Å². The molecule has 0 radical (unpaired) electrons. The first kappa shape index (κ1) is 13.4. The van der Waals surface area contributed by atoms with E-state index in [1.807, 2.05) is 0 Å². The predicted molar refractivity (Wildman–Crippen MR) is 58.0 cm³/mol. The van der Waals surface area contributed by atoms with E-state index in [9.17, 15) is 18.7 Å². The van der Waals surface area contributed by atoms with E-state index in [1.165, 1.54) is 12.1 Å². The smallest absolute Gasteiger partial charge is 0.306 e. The summed E-state index contributed by atoms with van der Waals surface area (Å²) in [7, 11) is 0. The maximum Gasteiger partial charge on any atom is 0.306 e. The number of rotatable bonds is 5. The number of esters is 1. The number of carbonyl (C=O) groups is 1. The van der Waals surface area contributed by atoms with E-state index in [2.05, 4.69) is 0 Å². The second-order valence-electron chi connectivity index (χ2n) is 3.46. The lowest BCUT2D eigenvalue weighted by Gasteiger charge is -2.08. The van der Waals surface area contributed by atoms with E-state index >= 15 is 0 Å². The minimum Gasteiger partial charge on any atom is -0.507 e. The molecule has 5 heteroatoms. The van der Waals surface area contributed by atoms with Gasteiger partial charge in [-0.25, -0.2) is 8.78 Å². The van der Waals surface area contributed by atoms with Gasteiger partial charge in [0.05, 0.1) is 12.2 Å². The van der Waals surface area contributed by atoms with Gasteiger partial charge in [0.1, 0.15) is 5.75 Å². The summed E-state index contributed by atoms with van der Waals surface area (Å²) in [6.45, 7) is 1.97. The summed E-state index contributed by atoms with van der Waals surface area (Å²) in [5.41, 5.74) is -0.0813. The van der Waals surface area contributed by atoms with Gasteiger partial charge in [-0.1, -0.05) is 12.1 Å². The van der Waals surface area contributed by atoms with Gasteiger partial charge >= 0.3 is 5.97 Å². The van der Waals surface area contributed by atoms with Gasteiger partial charge in [0, 0.05) is 6.42 Å². The number of alkyl halides is 2. The van der Waals surface area contributed by atoms with Gasteiger partial charge < -0.3 is 9.84 Å². The number of phenols is 1. The van der Waals surface area contributed by atoms with Gasteiger partial charge in [-0.2, -0.15) is 0 Å². The van der Waals surface area contributed by atoms with E-state index in [4.69, 9.17) is 4.74 Å². The third kappa shape index (κ3) is 3.69. The van der Waals surface area contributed by atoms with Crippen molar-refractivity contribution in [1.29, 1.82) is 0 Å². The molecule has 1 aromatic rings. The van der Waals surface area contributed by atoms with Crippen LogP contribution in [0.5, 0.6) is 5.75 Å². The number of benzene rings is 1. The molecule has 0 heterocycles. The molecule has 0 fully saturated rings. The van der Waals surface area contributed by atoms with Crippen LogP contribution in [0.2, 0.25) is 0 Å². The van der Waals surface area contributed by atoms with Crippen LogP contribution in [0.25, 0.3) is 0 Å². The molecule has 3 nitrogen and oxygen atoms in total. The van der Waals surface area contributed by atoms with Crippen molar-refractivity contribution < 1.29 is 23.4 Å². The fourth-order valence-electron chi connectivity index (χ4n) is 1.46. The van der Waals surface area contributed by atoms with Gasteiger partial charge in [0.15, 0.2) is 0 Å². The molecular formula is C12H14F2O3. The first-order valence-electron chi connectivity index (χ1n) is 5.30. The first-order chi connectivity index (χ1) is 8.06. The van der Waals surface area contributed by atoms with Gasteiger partial charge in [0.2, 0.25) is 0 Å². The topological polar surface area (TPSA) is 46.5 Å². The van der Waals surface area contributed by atoms with Crippen molar-refractivity contribution in [2.45, 2.75) is 26.2 Å². The Bertz CT molecular complexity index is 391. The molecule has 0 unspecified atom stereocenters. The zero-order chi connectivity index (χ0) is 12.8. The zero-order valence-corrected chi connectivity index (χ0v) is 9.45. The number of hydrogen-bond acceptors (Lipinski definition) is 3. The number of hydrogen-bond donors (Lipinski definition) is 1. The number of aromatic hydroxyl groups is 1. The minimum atomic E-state index is -2.72. The van der Waals surface area contributed by atoms with E-state index in [0.717, 1.165) is 6.07 Å². The average Bonchev–Trinajstić information content (AvgIpc) is 2.27. The predicted octanol–water partition coefficient (Wildman–Crippen LogP) is 2.83. The normalized spacial score (nSPS) is 10.6. The molecule has 0 atom stereocenters. The van der Waals surface area contributed by atoms with Gasteiger partial charge in [-0.05, 0) is 25.0 Å². The Kier molecular flexibility index (Phi) is 4.87. The van der Waals surface area contributed by atoms with Crippen LogP contribution in [0.4, 0.5) is 8.78 Å². The lowest BCUT2D eigenvalue weighted by Crippen LogP contribution is -2.05. The Morgan fingerprint density at radius 3 is 2.76 bits per heavy atom. The highest BCUT2D eigenvalue weighted by atomic mass is 19.3. The van der Waals surface area contributed by atoms with Crippen molar-refractivity contribution in [2.75, 3.05) is 6.61 Å². The number of phenolic OH excluding ortho intramolecular Hbond substituents is 1. The third-order valence-corrected chi connectivity index (χ3v) is 2.29. The molecule has 0 spiro atoms. The Balaban J connectivity index is 2.72. The number of para-hydroxylation sites is 1. The van der Waals surface area contributed by atoms with Gasteiger partial charge in [-0.3, -0.25) is 4.79 Å². The molecule has 0 saturated carbocycles. The van der Waals surface area contributed by atoms with Gasteiger partial charge in [0.25, 0.3) is 6.43 Å². The summed E-state index contributed by atoms with van der Waals surface area (Å²) in [4.78, 5) is 11.1. The third-order valence-electron chi connectivity index (χ3n) is 2.29. The largest absolute Gasteiger partial charge is 0.507 e. The molecule has 0 amide bonds. The van der Waals surface area contributed by atoms with Crippen LogP contribution in [0.1, 0.15) is 30.9 Å². The summed E-state index contributed by atoms with van der Waals surface area (Å²) in [6, 6.07) is 4.11. The van der Waals surface area contributed by atoms with Crippen LogP contribution in [-0.4, -0.2) is 17.7 Å². The lowest BCUT2D eigenvalue weighted by atomic mass is 10.0. The molecule has 17 heavy (non-hydrogen) atoms. The molecule has 0 aliphatic heterocycles. The number of aryl methyl sites for hydroxylation is 1. The quantitative estimate of drug-likeness (QED) is 0.810. The summed E-state index contributed by atoms with van der Waals surface area (Å²) < 4.78 is 29.7. The molecule has 0 aliphatic rings. The molecule has 1 N–H and O–H groups in total. The summed E-state index contributed by atoms with van der Waals surface area (Å²) in [6.07, 6.45) is -2.48. The lowest BCUT2D eigenvalue weighted by molar-refractivity contribution is -0.143. The number of ether oxygens (including phenoxy) is 1. The van der Waals surface area contributed by atoms with E-state index < -0.39 is 23.7 Å². The number of carbonyl (C=O) groups excluding carboxylic acids is 1. The highest BCUT2D eigenvalue weighted by Crippen LogP contribution is 2.31. The van der Waals surface area contributed by atoms with Crippen molar-refractivity contribution >= 4 is 5.97 Å². The minimum absolute atomic E-state index is 0.0636. The molecule has 1 rings (SSSR count). The summed E-state index contributed by atoms with van der Waals surface area (Å²) >= 11 is 0. The second-order valence-corrected chi connectivity index (χ2v) is 3.46. The maximum absolute atomic E-state index is 12.5. The van der Waals surface area contributed by atoms with E-state index in [1.54, 1.807) is 6.92 Å². The molecule has 0 aliphatic carbocycles. The molecule has 0 bridgehead atoms. The fourth-order valence-corrected chi connectivity index (χ4v) is 1.46. The number of halogens is 2. The maximum atomic E-state index is 12.5. The van der Waals surface area contributed by atoms with Crippen LogP contribution in [-0.2, 0) is 16.0 Å². The van der Waals surface area contributed by atoms with E-state index in [-0.39, 0.29) is 19.4 Å². The van der Waals surface area contributed by atoms with E-state index in [0.29, 0.717) is 5.56 Å². The first-order valence-corrected chi connectivity index (χ1v) is 5.30. The second kappa shape index (κ2) is 6.18. The van der Waals surface area contributed by atoms with Crippen molar-refractivity contribution in [3.8, 4) is 5.75 Å². The Labute approximate surface area is 98.0 Å². The van der Waals surface area contributed by atoms with Crippen LogP contribution in [0.3, 0.4) is 0 Å². The van der Waals surface area contributed by atoms with Crippen molar-refractivity contribution in [1.82, 2.24) is 0 Å². The average molecular weight is 244 g/mol. The van der Waals surface area contributed by atoms with Gasteiger partial charge in [-0.15, -0.1) is 0 Å². The van der Waals surface area contributed by atoms with Crippen LogP contribution < -0.4 is 0 Å². The highest BCUT2D eigenvalue weighted by molar-refractivity contribution is 5.69. The van der Waals surface area contributed by atoms with Crippen molar-refractivity contribution in [2.24, 2.45) is 0 Å². The van der Waals surface area contributed by atoms with Crippen molar-refractivity contribution in [3.63, 3.8) is 0 Å². The summed E-state index contributed by atoms with van der Waals surface area (Å²) in [5.74, 6) is -0.846. The monoisotopic (exact) mass is 244 g/mol. The van der Waals surface area contributed by atoms with Crippen LogP contribution in [0, 0.1) is 0 Å². The zero-order valence-electron chi connectivity index (χ0n) is 9.45. The molecule has 94 valence electrons. The van der Waals surface area contributed by atoms with Crippen LogP contribution >= 0.6 is 0 Å². The molecular weight excluding hydrogens is 230 g/mol. The Hall–Kier alpha value is -1.65. The Morgan fingerprint density at radius 1 is 1.47 bits per heavy atom.